The summed E-state index contributed by atoms with van der Waals surface area (Å²) in [4.78, 5) is 12.9. The Morgan fingerprint density at radius 3 is 2.70 bits per heavy atom. The van der Waals surface area contributed by atoms with E-state index in [1.165, 1.54) is 48.7 Å². The van der Waals surface area contributed by atoms with E-state index in [1.807, 2.05) is 6.20 Å². The third kappa shape index (κ3) is 7.31. The van der Waals surface area contributed by atoms with Gasteiger partial charge in [0.1, 0.15) is 0 Å². The molecule has 0 radical (unpaired) electrons. The molecule has 23 heavy (non-hydrogen) atoms. The molecule has 1 aromatic heterocycles. The third-order valence-corrected chi connectivity index (χ3v) is 5.00. The molecule has 6 heteroatoms. The largest absolute Gasteiger partial charge is 0.357 e. The first-order chi connectivity index (χ1) is 11.3. The highest BCUT2D eigenvalue weighted by atomic mass is 32.1. The number of likely N-dealkylation sites (tertiary alicyclic amines) is 1. The molecular formula is C17H31N5S. The van der Waals surface area contributed by atoms with Gasteiger partial charge in [0.15, 0.2) is 5.96 Å². The van der Waals surface area contributed by atoms with Gasteiger partial charge in [-0.15, -0.1) is 11.3 Å². The lowest BCUT2D eigenvalue weighted by molar-refractivity contribution is 0.293. The minimum atomic E-state index is 0.867. The highest BCUT2D eigenvalue weighted by molar-refractivity contribution is 7.11. The number of nitrogens with one attached hydrogen (secondary N) is 2. The molecule has 0 saturated carbocycles. The molecule has 2 heterocycles. The second-order valence-electron chi connectivity index (χ2n) is 6.06. The first-order valence-corrected chi connectivity index (χ1v) is 9.75. The van der Waals surface area contributed by atoms with E-state index in [1.54, 1.807) is 11.3 Å². The van der Waals surface area contributed by atoms with Crippen molar-refractivity contribution in [1.29, 1.82) is 0 Å². The zero-order chi connectivity index (χ0) is 16.3. The number of guanidine groups is 1. The monoisotopic (exact) mass is 337 g/mol. The molecule has 5 nitrogen and oxygen atoms in total. The lowest BCUT2D eigenvalue weighted by Gasteiger charge is -2.18. The van der Waals surface area contributed by atoms with E-state index in [2.05, 4.69) is 34.4 Å². The zero-order valence-electron chi connectivity index (χ0n) is 14.6. The number of thiazole rings is 1. The van der Waals surface area contributed by atoms with Gasteiger partial charge < -0.3 is 15.5 Å². The van der Waals surface area contributed by atoms with Gasteiger partial charge in [-0.1, -0.05) is 12.8 Å². The fraction of sp³-hybridized carbons (Fsp3) is 0.765. The quantitative estimate of drug-likeness (QED) is 0.593. The van der Waals surface area contributed by atoms with Gasteiger partial charge in [0, 0.05) is 37.1 Å². The highest BCUT2D eigenvalue weighted by Gasteiger charge is 2.08. The van der Waals surface area contributed by atoms with Crippen LogP contribution in [0.4, 0.5) is 0 Å². The maximum atomic E-state index is 4.71. The van der Waals surface area contributed by atoms with Gasteiger partial charge in [-0.2, -0.15) is 0 Å². The molecular weight excluding hydrogens is 306 g/mol. The standard InChI is InChI=1S/C17H31N5S/c1-3-18-17(19-9-8-16-21-14-15(2)23-16)20-10-13-22-11-6-4-5-7-12-22/h14H,3-13H2,1-2H3,(H2,18,19,20). The van der Waals surface area contributed by atoms with Crippen molar-refractivity contribution in [2.75, 3.05) is 39.3 Å². The molecule has 0 bridgehead atoms. The number of aromatic nitrogens is 1. The van der Waals surface area contributed by atoms with Crippen LogP contribution in [-0.4, -0.2) is 55.1 Å². The Morgan fingerprint density at radius 2 is 2.04 bits per heavy atom. The van der Waals surface area contributed by atoms with Crippen molar-refractivity contribution in [2.45, 2.75) is 46.0 Å². The second-order valence-corrected chi connectivity index (χ2v) is 7.38. The van der Waals surface area contributed by atoms with Crippen molar-refractivity contribution in [3.05, 3.63) is 16.1 Å². The van der Waals surface area contributed by atoms with Crippen molar-refractivity contribution >= 4 is 17.3 Å². The number of hydrogen-bond donors (Lipinski definition) is 2. The molecule has 2 rings (SSSR count). The van der Waals surface area contributed by atoms with Crippen LogP contribution in [0.2, 0.25) is 0 Å². The smallest absolute Gasteiger partial charge is 0.191 e. The molecule has 0 aliphatic carbocycles. The van der Waals surface area contributed by atoms with Gasteiger partial charge in [0.25, 0.3) is 0 Å². The molecule has 2 N–H and O–H groups in total. The van der Waals surface area contributed by atoms with Gasteiger partial charge in [0.2, 0.25) is 0 Å². The van der Waals surface area contributed by atoms with Crippen LogP contribution in [0.15, 0.2) is 11.2 Å². The van der Waals surface area contributed by atoms with Crippen molar-refractivity contribution in [1.82, 2.24) is 20.5 Å². The normalized spacial score (nSPS) is 17.0. The van der Waals surface area contributed by atoms with E-state index in [9.17, 15) is 0 Å². The van der Waals surface area contributed by atoms with Crippen molar-refractivity contribution in [2.24, 2.45) is 4.99 Å². The van der Waals surface area contributed by atoms with E-state index in [0.717, 1.165) is 38.6 Å². The van der Waals surface area contributed by atoms with E-state index in [-0.39, 0.29) is 0 Å². The fourth-order valence-corrected chi connectivity index (χ4v) is 3.60. The highest BCUT2D eigenvalue weighted by Crippen LogP contribution is 2.11. The van der Waals surface area contributed by atoms with Gasteiger partial charge in [-0.3, -0.25) is 4.99 Å². The Morgan fingerprint density at radius 1 is 1.26 bits per heavy atom. The Kier molecular flexibility index (Phi) is 8.39. The topological polar surface area (TPSA) is 52.6 Å². The molecule has 1 aliphatic heterocycles. The summed E-state index contributed by atoms with van der Waals surface area (Å²) in [6.07, 6.45) is 8.36. The number of aliphatic imine (C=N–C) groups is 1. The minimum Gasteiger partial charge on any atom is -0.357 e. The summed E-state index contributed by atoms with van der Waals surface area (Å²) in [5.41, 5.74) is 0. The predicted molar refractivity (Wildman–Crippen MR) is 99.4 cm³/mol. The van der Waals surface area contributed by atoms with Crippen molar-refractivity contribution in [3.63, 3.8) is 0 Å². The fourth-order valence-electron chi connectivity index (χ4n) is 2.81. The zero-order valence-corrected chi connectivity index (χ0v) is 15.4. The van der Waals surface area contributed by atoms with Crippen LogP contribution in [0.5, 0.6) is 0 Å². The van der Waals surface area contributed by atoms with E-state index >= 15 is 0 Å². The SMILES string of the molecule is CCNC(=NCCN1CCCCCC1)NCCc1ncc(C)s1. The number of nitrogens with zero attached hydrogens (tertiary/aromatic N) is 3. The van der Waals surface area contributed by atoms with Crippen LogP contribution in [0.1, 0.15) is 42.5 Å². The molecule has 1 fully saturated rings. The molecule has 0 unspecified atom stereocenters. The van der Waals surface area contributed by atoms with E-state index < -0.39 is 0 Å². The van der Waals surface area contributed by atoms with Gasteiger partial charge in [0.05, 0.1) is 11.6 Å². The van der Waals surface area contributed by atoms with Crippen LogP contribution in [0.25, 0.3) is 0 Å². The number of hydrogen-bond acceptors (Lipinski definition) is 4. The van der Waals surface area contributed by atoms with Crippen LogP contribution in [0, 0.1) is 6.92 Å². The van der Waals surface area contributed by atoms with Crippen LogP contribution >= 0.6 is 11.3 Å². The van der Waals surface area contributed by atoms with Crippen LogP contribution in [0.3, 0.4) is 0 Å². The summed E-state index contributed by atoms with van der Waals surface area (Å²) in [6.45, 7) is 10.4. The Balaban J connectivity index is 1.70. The molecule has 0 aromatic carbocycles. The van der Waals surface area contributed by atoms with Gasteiger partial charge in [-0.25, -0.2) is 4.98 Å². The second kappa shape index (κ2) is 10.6. The van der Waals surface area contributed by atoms with Gasteiger partial charge >= 0.3 is 0 Å². The van der Waals surface area contributed by atoms with E-state index in [4.69, 9.17) is 4.99 Å². The molecule has 1 saturated heterocycles. The molecule has 130 valence electrons. The summed E-state index contributed by atoms with van der Waals surface area (Å²) < 4.78 is 0. The van der Waals surface area contributed by atoms with E-state index in [0.29, 0.717) is 0 Å². The number of aryl methyl sites for hydroxylation is 1. The maximum absolute atomic E-state index is 4.71. The Hall–Kier alpha value is -1.14. The summed E-state index contributed by atoms with van der Waals surface area (Å²) >= 11 is 1.77. The third-order valence-electron chi connectivity index (χ3n) is 4.03. The molecule has 0 spiro atoms. The summed E-state index contributed by atoms with van der Waals surface area (Å²) in [6, 6.07) is 0. The number of rotatable bonds is 7. The summed E-state index contributed by atoms with van der Waals surface area (Å²) in [5, 5.41) is 7.93. The lowest BCUT2D eigenvalue weighted by Crippen LogP contribution is -2.39. The average Bonchev–Trinajstić information content (AvgIpc) is 2.79. The molecule has 1 aliphatic rings. The Bertz CT molecular complexity index is 463. The Labute approximate surface area is 144 Å². The lowest BCUT2D eigenvalue weighted by atomic mass is 10.2. The minimum absolute atomic E-state index is 0.867. The van der Waals surface area contributed by atoms with Crippen LogP contribution < -0.4 is 10.6 Å². The summed E-state index contributed by atoms with van der Waals surface area (Å²) in [7, 11) is 0. The van der Waals surface area contributed by atoms with Crippen molar-refractivity contribution < 1.29 is 0 Å². The first-order valence-electron chi connectivity index (χ1n) is 8.94. The first kappa shape index (κ1) is 18.2. The van der Waals surface area contributed by atoms with Crippen molar-refractivity contribution in [3.8, 4) is 0 Å². The van der Waals surface area contributed by atoms with Crippen LogP contribution in [-0.2, 0) is 6.42 Å². The average molecular weight is 338 g/mol. The molecule has 1 aromatic rings. The molecule has 0 atom stereocenters. The summed E-state index contributed by atoms with van der Waals surface area (Å²) in [5.74, 6) is 0.926. The maximum Gasteiger partial charge on any atom is 0.191 e. The molecule has 0 amide bonds. The van der Waals surface area contributed by atoms with Gasteiger partial charge in [-0.05, 0) is 39.8 Å². The predicted octanol–water partition coefficient (Wildman–Crippen LogP) is 2.43.